The number of rotatable bonds is 8. The molecule has 1 aromatic rings. The monoisotopic (exact) mass is 392 g/mol. The quantitative estimate of drug-likeness (QED) is 0.466. The van der Waals surface area contributed by atoms with Crippen molar-refractivity contribution in [1.82, 2.24) is 10.6 Å². The summed E-state index contributed by atoms with van der Waals surface area (Å²) in [6.07, 6.45) is -0.784. The largest absolute Gasteiger partial charge is 0.469 e. The number of esters is 1. The molecule has 8 nitrogen and oxygen atoms in total. The Morgan fingerprint density at radius 2 is 1.57 bits per heavy atom. The molecule has 0 aromatic heterocycles. The molecule has 0 saturated heterocycles. The van der Waals surface area contributed by atoms with Crippen LogP contribution in [0.3, 0.4) is 0 Å². The molecule has 154 valence electrons. The minimum absolute atomic E-state index is 0.0994. The Balaban J connectivity index is 1.71. The van der Waals surface area contributed by atoms with Crippen LogP contribution in [0.4, 0.5) is 0 Å². The predicted octanol–water partition coefficient (Wildman–Crippen LogP) is 0.120. The Morgan fingerprint density at radius 1 is 1.00 bits per heavy atom. The van der Waals surface area contributed by atoms with Crippen molar-refractivity contribution in [3.63, 3.8) is 0 Å². The van der Waals surface area contributed by atoms with Gasteiger partial charge in [-0.05, 0) is 37.2 Å². The lowest BCUT2D eigenvalue weighted by Crippen LogP contribution is -2.50. The second kappa shape index (κ2) is 10.8. The summed E-state index contributed by atoms with van der Waals surface area (Å²) in [5.74, 6) is -1.73. The number of hydrogen-bond donors (Lipinski definition) is 4. The highest BCUT2D eigenvalue weighted by molar-refractivity contribution is 5.90. The summed E-state index contributed by atoms with van der Waals surface area (Å²) < 4.78 is 4.74. The number of benzene rings is 1. The molecular weight excluding hydrogens is 364 g/mol. The smallest absolute Gasteiger partial charge is 0.308 e. The summed E-state index contributed by atoms with van der Waals surface area (Å²) in [5.41, 5.74) is 0.838. The summed E-state index contributed by atoms with van der Waals surface area (Å²) in [7, 11) is 1.37. The SMILES string of the molecule is COC(=O)C1CCC(CNC(=O)[C@H](O)[C@@H](O)C(=O)NCc2ccccc2)CC1. The summed E-state index contributed by atoms with van der Waals surface area (Å²) >= 11 is 0. The van der Waals surface area contributed by atoms with E-state index in [1.807, 2.05) is 30.3 Å². The zero-order valence-corrected chi connectivity index (χ0v) is 16.0. The highest BCUT2D eigenvalue weighted by atomic mass is 16.5. The first kappa shape index (κ1) is 21.8. The second-order valence-corrected chi connectivity index (χ2v) is 7.08. The molecule has 1 aliphatic carbocycles. The van der Waals surface area contributed by atoms with Gasteiger partial charge in [0, 0.05) is 13.1 Å². The number of carbonyl (C=O) groups excluding carboxylic acids is 3. The molecule has 2 rings (SSSR count). The van der Waals surface area contributed by atoms with Crippen LogP contribution in [0.15, 0.2) is 30.3 Å². The van der Waals surface area contributed by atoms with Gasteiger partial charge in [-0.2, -0.15) is 0 Å². The molecule has 0 bridgehead atoms. The normalized spacial score (nSPS) is 21.2. The number of amides is 2. The number of nitrogens with one attached hydrogen (secondary N) is 2. The van der Waals surface area contributed by atoms with Crippen LogP contribution < -0.4 is 10.6 Å². The van der Waals surface area contributed by atoms with Gasteiger partial charge in [-0.15, -0.1) is 0 Å². The lowest BCUT2D eigenvalue weighted by Gasteiger charge is -2.27. The van der Waals surface area contributed by atoms with Crippen molar-refractivity contribution in [2.24, 2.45) is 11.8 Å². The van der Waals surface area contributed by atoms with Crippen LogP contribution in [-0.4, -0.2) is 53.9 Å². The Hall–Kier alpha value is -2.45. The first-order chi connectivity index (χ1) is 13.4. The highest BCUT2D eigenvalue weighted by Crippen LogP contribution is 2.29. The van der Waals surface area contributed by atoms with E-state index in [4.69, 9.17) is 4.74 Å². The number of hydrogen-bond acceptors (Lipinski definition) is 6. The van der Waals surface area contributed by atoms with Gasteiger partial charge >= 0.3 is 5.97 Å². The molecule has 28 heavy (non-hydrogen) atoms. The highest BCUT2D eigenvalue weighted by Gasteiger charge is 2.31. The molecule has 1 aromatic carbocycles. The van der Waals surface area contributed by atoms with Crippen molar-refractivity contribution >= 4 is 17.8 Å². The van der Waals surface area contributed by atoms with Crippen molar-refractivity contribution in [2.45, 2.75) is 44.4 Å². The maximum atomic E-state index is 12.0. The van der Waals surface area contributed by atoms with Gasteiger partial charge in [-0.25, -0.2) is 0 Å². The lowest BCUT2D eigenvalue weighted by atomic mass is 9.82. The fourth-order valence-electron chi connectivity index (χ4n) is 3.29. The fourth-order valence-corrected chi connectivity index (χ4v) is 3.29. The zero-order chi connectivity index (χ0) is 20.5. The van der Waals surface area contributed by atoms with Gasteiger partial charge in [0.1, 0.15) is 0 Å². The van der Waals surface area contributed by atoms with Gasteiger partial charge < -0.3 is 25.6 Å². The van der Waals surface area contributed by atoms with Gasteiger partial charge in [-0.1, -0.05) is 30.3 Å². The standard InChI is InChI=1S/C20H28N2O6/c1-28-20(27)15-9-7-14(8-10-15)12-22-19(26)17(24)16(23)18(25)21-11-13-5-3-2-4-6-13/h2-6,14-17,23-24H,7-12H2,1H3,(H,21,25)(H,22,26)/t14?,15?,16-,17-/m1/s1. The van der Waals surface area contributed by atoms with E-state index in [0.29, 0.717) is 19.4 Å². The average Bonchev–Trinajstić information content (AvgIpc) is 2.75. The van der Waals surface area contributed by atoms with Gasteiger partial charge in [0.05, 0.1) is 13.0 Å². The van der Waals surface area contributed by atoms with E-state index in [1.54, 1.807) is 0 Å². The van der Waals surface area contributed by atoms with Gasteiger partial charge in [0.2, 0.25) is 0 Å². The molecule has 8 heteroatoms. The fraction of sp³-hybridized carbons (Fsp3) is 0.550. The minimum atomic E-state index is -1.85. The van der Waals surface area contributed by atoms with Gasteiger partial charge in [0.15, 0.2) is 12.2 Å². The molecule has 1 saturated carbocycles. The number of ether oxygens (including phenoxy) is 1. The van der Waals surface area contributed by atoms with Gasteiger partial charge in [-0.3, -0.25) is 14.4 Å². The summed E-state index contributed by atoms with van der Waals surface area (Å²) in [6.45, 7) is 0.511. The molecule has 0 aliphatic heterocycles. The molecule has 0 unspecified atom stereocenters. The van der Waals surface area contributed by atoms with Crippen LogP contribution >= 0.6 is 0 Å². The molecule has 1 fully saturated rings. The Kier molecular flexibility index (Phi) is 8.41. The van der Waals surface area contributed by atoms with Crippen LogP contribution in [0.1, 0.15) is 31.2 Å². The molecule has 0 heterocycles. The lowest BCUT2D eigenvalue weighted by molar-refractivity contribution is -0.147. The average molecular weight is 392 g/mol. The molecule has 4 N–H and O–H groups in total. The van der Waals surface area contributed by atoms with E-state index in [1.165, 1.54) is 7.11 Å². The van der Waals surface area contributed by atoms with E-state index < -0.39 is 24.0 Å². The van der Waals surface area contributed by atoms with Crippen molar-refractivity contribution in [1.29, 1.82) is 0 Å². The molecule has 2 atom stereocenters. The molecular formula is C20H28N2O6. The predicted molar refractivity (Wildman–Crippen MR) is 101 cm³/mol. The third kappa shape index (κ3) is 6.31. The first-order valence-electron chi connectivity index (χ1n) is 9.45. The number of carbonyl (C=O) groups is 3. The van der Waals surface area contributed by atoms with Gasteiger partial charge in [0.25, 0.3) is 11.8 Å². The van der Waals surface area contributed by atoms with Crippen LogP contribution in [0.2, 0.25) is 0 Å². The molecule has 0 radical (unpaired) electrons. The third-order valence-electron chi connectivity index (χ3n) is 5.09. The maximum absolute atomic E-state index is 12.0. The second-order valence-electron chi connectivity index (χ2n) is 7.08. The van der Waals surface area contributed by atoms with Crippen molar-refractivity contribution in [2.75, 3.05) is 13.7 Å². The van der Waals surface area contributed by atoms with Crippen LogP contribution in [0.25, 0.3) is 0 Å². The van der Waals surface area contributed by atoms with E-state index >= 15 is 0 Å². The van der Waals surface area contributed by atoms with Crippen molar-refractivity contribution < 1.29 is 29.3 Å². The zero-order valence-electron chi connectivity index (χ0n) is 16.0. The molecule has 0 spiro atoms. The van der Waals surface area contributed by atoms with Crippen LogP contribution in [0.5, 0.6) is 0 Å². The van der Waals surface area contributed by atoms with E-state index in [9.17, 15) is 24.6 Å². The van der Waals surface area contributed by atoms with Crippen LogP contribution in [-0.2, 0) is 25.7 Å². The summed E-state index contributed by atoms with van der Waals surface area (Å²) in [6, 6.07) is 9.10. The molecule has 1 aliphatic rings. The summed E-state index contributed by atoms with van der Waals surface area (Å²) in [5, 5.41) is 24.9. The Labute approximate surface area is 164 Å². The maximum Gasteiger partial charge on any atom is 0.308 e. The minimum Gasteiger partial charge on any atom is -0.469 e. The Bertz CT molecular complexity index is 658. The topological polar surface area (TPSA) is 125 Å². The first-order valence-corrected chi connectivity index (χ1v) is 9.45. The number of aliphatic hydroxyl groups excluding tert-OH is 2. The third-order valence-corrected chi connectivity index (χ3v) is 5.09. The Morgan fingerprint density at radius 3 is 2.14 bits per heavy atom. The van der Waals surface area contributed by atoms with Crippen molar-refractivity contribution in [3.05, 3.63) is 35.9 Å². The van der Waals surface area contributed by atoms with Crippen LogP contribution in [0, 0.1) is 11.8 Å². The van der Waals surface area contributed by atoms with Crippen molar-refractivity contribution in [3.8, 4) is 0 Å². The van der Waals surface area contributed by atoms with E-state index in [-0.39, 0.29) is 24.3 Å². The molecule has 2 amide bonds. The number of aliphatic hydroxyl groups is 2. The number of methoxy groups -OCH3 is 1. The van der Waals surface area contributed by atoms with E-state index in [2.05, 4.69) is 10.6 Å². The van der Waals surface area contributed by atoms with E-state index in [0.717, 1.165) is 18.4 Å². The summed E-state index contributed by atoms with van der Waals surface area (Å²) in [4.78, 5) is 35.5.